The van der Waals surface area contributed by atoms with Crippen LogP contribution in [0.4, 0.5) is 11.5 Å². The van der Waals surface area contributed by atoms with E-state index in [0.29, 0.717) is 17.8 Å². The normalized spacial score (nSPS) is 10.4. The van der Waals surface area contributed by atoms with Gasteiger partial charge in [0.1, 0.15) is 11.4 Å². The molecule has 0 saturated heterocycles. The van der Waals surface area contributed by atoms with E-state index in [-0.39, 0.29) is 0 Å². The van der Waals surface area contributed by atoms with Crippen LogP contribution in [0.2, 0.25) is 0 Å². The van der Waals surface area contributed by atoms with Crippen LogP contribution in [-0.4, -0.2) is 39.3 Å². The van der Waals surface area contributed by atoms with E-state index in [0.717, 1.165) is 36.8 Å². The van der Waals surface area contributed by atoms with Crippen LogP contribution in [0, 0.1) is 11.3 Å². The fourth-order valence-electron chi connectivity index (χ4n) is 2.92. The maximum absolute atomic E-state index is 9.11. The van der Waals surface area contributed by atoms with E-state index in [4.69, 9.17) is 5.26 Å². The summed E-state index contributed by atoms with van der Waals surface area (Å²) in [6.07, 6.45) is 8.07. The van der Waals surface area contributed by atoms with Crippen molar-refractivity contribution >= 4 is 18.2 Å². The third-order valence-corrected chi connectivity index (χ3v) is 4.17. The van der Waals surface area contributed by atoms with E-state index in [9.17, 15) is 0 Å². The molecule has 0 spiro atoms. The number of aliphatic imine (C=N–C) groups is 1. The minimum atomic E-state index is 0.567. The van der Waals surface area contributed by atoms with Gasteiger partial charge in [-0.15, -0.1) is 0 Å². The van der Waals surface area contributed by atoms with Crippen molar-refractivity contribution in [3.05, 3.63) is 54.6 Å². The zero-order valence-corrected chi connectivity index (χ0v) is 15.3. The summed E-state index contributed by atoms with van der Waals surface area (Å²) in [5.74, 6) is 1.58. The molecular weight excluding hydrogens is 338 g/mol. The summed E-state index contributed by atoms with van der Waals surface area (Å²) in [6.45, 7) is 8.10. The van der Waals surface area contributed by atoms with Gasteiger partial charge >= 0.3 is 0 Å². The predicted molar refractivity (Wildman–Crippen MR) is 106 cm³/mol. The van der Waals surface area contributed by atoms with Crippen LogP contribution in [0.5, 0.6) is 0 Å². The Hall–Kier alpha value is -3.53. The molecule has 0 radical (unpaired) electrons. The lowest BCUT2D eigenvalue weighted by molar-refractivity contribution is 0.648. The molecule has 7 nitrogen and oxygen atoms in total. The minimum absolute atomic E-state index is 0.567. The molecule has 0 unspecified atom stereocenters. The SMILES string of the molecule is C=Nc1cccnc1N(CCC)CCn1ccnc1-c1cc(C#N)ccn1. The molecule has 0 aromatic carbocycles. The number of anilines is 1. The lowest BCUT2D eigenvalue weighted by atomic mass is 10.2. The second kappa shape index (κ2) is 8.72. The van der Waals surface area contributed by atoms with Crippen molar-refractivity contribution in [3.63, 3.8) is 0 Å². The van der Waals surface area contributed by atoms with Gasteiger partial charge < -0.3 is 9.47 Å². The first-order valence-electron chi connectivity index (χ1n) is 8.81. The first-order valence-corrected chi connectivity index (χ1v) is 8.81. The largest absolute Gasteiger partial charge is 0.353 e. The molecule has 0 N–H and O–H groups in total. The Bertz CT molecular complexity index is 955. The standard InChI is InChI=1S/C20H21N7/c1-3-10-26(19-17(22-2)5-4-7-24-19)12-13-27-11-9-25-20(27)18-14-16(15-21)6-8-23-18/h4-9,11,14H,2-3,10,12-13H2,1H3. The van der Waals surface area contributed by atoms with Crippen LogP contribution in [0.1, 0.15) is 18.9 Å². The maximum atomic E-state index is 9.11. The quantitative estimate of drug-likeness (QED) is 0.575. The Morgan fingerprint density at radius 2 is 2.07 bits per heavy atom. The van der Waals surface area contributed by atoms with Gasteiger partial charge in [-0.25, -0.2) is 9.97 Å². The molecule has 0 aliphatic heterocycles. The van der Waals surface area contributed by atoms with Gasteiger partial charge in [0.05, 0.1) is 11.6 Å². The highest BCUT2D eigenvalue weighted by molar-refractivity contribution is 5.64. The van der Waals surface area contributed by atoms with Gasteiger partial charge in [0.2, 0.25) is 0 Å². The fourth-order valence-corrected chi connectivity index (χ4v) is 2.92. The van der Waals surface area contributed by atoms with Gasteiger partial charge in [-0.3, -0.25) is 9.98 Å². The Kier molecular flexibility index (Phi) is 5.90. The summed E-state index contributed by atoms with van der Waals surface area (Å²) in [5.41, 5.74) is 2.03. The molecule has 27 heavy (non-hydrogen) atoms. The number of nitriles is 1. The number of rotatable bonds is 8. The van der Waals surface area contributed by atoms with Crippen LogP contribution >= 0.6 is 0 Å². The average molecular weight is 359 g/mol. The summed E-state index contributed by atoms with van der Waals surface area (Å²) in [4.78, 5) is 19.6. The van der Waals surface area contributed by atoms with Gasteiger partial charge in [-0.2, -0.15) is 5.26 Å². The van der Waals surface area contributed by atoms with Crippen molar-refractivity contribution in [2.75, 3.05) is 18.0 Å². The van der Waals surface area contributed by atoms with Crippen molar-refractivity contribution in [1.82, 2.24) is 19.5 Å². The summed E-state index contributed by atoms with van der Waals surface area (Å²) < 4.78 is 2.04. The van der Waals surface area contributed by atoms with Crippen LogP contribution in [0.15, 0.2) is 54.0 Å². The summed E-state index contributed by atoms with van der Waals surface area (Å²) >= 11 is 0. The van der Waals surface area contributed by atoms with Crippen LogP contribution in [-0.2, 0) is 6.54 Å². The topological polar surface area (TPSA) is 83.0 Å². The Morgan fingerprint density at radius 1 is 1.19 bits per heavy atom. The molecule has 7 heteroatoms. The highest BCUT2D eigenvalue weighted by Gasteiger charge is 2.13. The highest BCUT2D eigenvalue weighted by Crippen LogP contribution is 2.25. The Balaban J connectivity index is 1.82. The van der Waals surface area contributed by atoms with Crippen molar-refractivity contribution in [2.24, 2.45) is 4.99 Å². The molecule has 0 fully saturated rings. The molecule has 0 amide bonds. The number of pyridine rings is 2. The molecule has 0 saturated carbocycles. The number of nitrogens with zero attached hydrogens (tertiary/aromatic N) is 7. The monoisotopic (exact) mass is 359 g/mol. The van der Waals surface area contributed by atoms with Crippen molar-refractivity contribution < 1.29 is 0 Å². The fraction of sp³-hybridized carbons (Fsp3) is 0.250. The van der Waals surface area contributed by atoms with Crippen LogP contribution in [0.25, 0.3) is 11.5 Å². The van der Waals surface area contributed by atoms with Gasteiger partial charge in [-0.05, 0) is 37.4 Å². The lowest BCUT2D eigenvalue weighted by Gasteiger charge is -2.24. The smallest absolute Gasteiger partial charge is 0.158 e. The number of imidazole rings is 1. The van der Waals surface area contributed by atoms with Crippen molar-refractivity contribution in [2.45, 2.75) is 19.9 Å². The molecule has 3 rings (SSSR count). The molecule has 136 valence electrons. The molecule has 0 atom stereocenters. The van der Waals surface area contributed by atoms with Crippen molar-refractivity contribution in [1.29, 1.82) is 5.26 Å². The van der Waals surface area contributed by atoms with E-state index in [2.05, 4.69) is 44.6 Å². The Labute approximate surface area is 158 Å². The molecule has 3 heterocycles. The van der Waals surface area contributed by atoms with Crippen LogP contribution in [0.3, 0.4) is 0 Å². The van der Waals surface area contributed by atoms with E-state index in [1.165, 1.54) is 0 Å². The van der Waals surface area contributed by atoms with E-state index in [1.807, 2.05) is 22.9 Å². The number of hydrogen-bond donors (Lipinski definition) is 0. The zero-order valence-electron chi connectivity index (χ0n) is 15.3. The summed E-state index contributed by atoms with van der Waals surface area (Å²) in [5, 5.41) is 9.11. The molecule has 3 aromatic rings. The second-order valence-corrected chi connectivity index (χ2v) is 5.98. The average Bonchev–Trinajstić information content (AvgIpc) is 3.19. The first-order chi connectivity index (χ1) is 13.3. The van der Waals surface area contributed by atoms with E-state index >= 15 is 0 Å². The predicted octanol–water partition coefficient (Wildman–Crippen LogP) is 3.46. The maximum Gasteiger partial charge on any atom is 0.158 e. The Morgan fingerprint density at radius 3 is 2.85 bits per heavy atom. The molecular formula is C20H21N7. The molecule has 3 aromatic heterocycles. The third-order valence-electron chi connectivity index (χ3n) is 4.17. The number of hydrogen-bond acceptors (Lipinski definition) is 6. The van der Waals surface area contributed by atoms with Crippen LogP contribution < -0.4 is 4.90 Å². The lowest BCUT2D eigenvalue weighted by Crippen LogP contribution is -2.29. The third kappa shape index (κ3) is 4.18. The van der Waals surface area contributed by atoms with Gasteiger partial charge in [0, 0.05) is 44.4 Å². The minimum Gasteiger partial charge on any atom is -0.353 e. The van der Waals surface area contributed by atoms with Gasteiger partial charge in [0.15, 0.2) is 11.6 Å². The highest BCUT2D eigenvalue weighted by atomic mass is 15.2. The first kappa shape index (κ1) is 18.3. The zero-order chi connectivity index (χ0) is 19.1. The van der Waals surface area contributed by atoms with Gasteiger partial charge in [0.25, 0.3) is 0 Å². The molecule has 0 aliphatic carbocycles. The van der Waals surface area contributed by atoms with E-state index in [1.54, 1.807) is 30.7 Å². The number of aromatic nitrogens is 4. The molecule has 0 aliphatic rings. The second-order valence-electron chi connectivity index (χ2n) is 5.98. The van der Waals surface area contributed by atoms with E-state index < -0.39 is 0 Å². The molecule has 0 bridgehead atoms. The van der Waals surface area contributed by atoms with Crippen molar-refractivity contribution in [3.8, 4) is 17.6 Å². The van der Waals surface area contributed by atoms with Gasteiger partial charge in [-0.1, -0.05) is 6.92 Å². The summed E-state index contributed by atoms with van der Waals surface area (Å²) in [6, 6.07) is 9.35. The summed E-state index contributed by atoms with van der Waals surface area (Å²) in [7, 11) is 0.